The Balaban J connectivity index is 2.80. The van der Waals surface area contributed by atoms with Crippen molar-refractivity contribution in [2.75, 3.05) is 19.6 Å². The van der Waals surface area contributed by atoms with Gasteiger partial charge in [-0.3, -0.25) is 9.59 Å². The fourth-order valence-corrected chi connectivity index (χ4v) is 1.85. The molecule has 0 fully saturated rings. The Bertz CT molecular complexity index is 429. The molecule has 19 heavy (non-hydrogen) atoms. The Morgan fingerprint density at radius 2 is 1.89 bits per heavy atom. The number of benzene rings is 1. The lowest BCUT2D eigenvalue weighted by molar-refractivity contribution is -0.137. The van der Waals surface area contributed by atoms with Gasteiger partial charge < -0.3 is 15.7 Å². The number of hydrogen-bond donors (Lipinski definition) is 2. The minimum absolute atomic E-state index is 0.247. The van der Waals surface area contributed by atoms with E-state index in [1.807, 2.05) is 19.1 Å². The molecule has 0 aliphatic rings. The van der Waals surface area contributed by atoms with Crippen LogP contribution in [-0.4, -0.2) is 41.5 Å². The van der Waals surface area contributed by atoms with Crippen molar-refractivity contribution in [1.29, 1.82) is 0 Å². The van der Waals surface area contributed by atoms with Crippen LogP contribution in [0.4, 0.5) is 0 Å². The van der Waals surface area contributed by atoms with Gasteiger partial charge in [0.15, 0.2) is 0 Å². The zero-order chi connectivity index (χ0) is 14.3. The van der Waals surface area contributed by atoms with Crippen LogP contribution in [0.2, 0.25) is 0 Å². The zero-order valence-electron chi connectivity index (χ0n) is 11.1. The fraction of sp³-hybridized carbons (Fsp3) is 0.429. The minimum atomic E-state index is -0.999. The standard InChI is InChI=1S/C14H20N2O3/c1-2-9-16(10-13(17)18)14(19)12-5-3-11(4-6-12)7-8-15/h3-6H,2,7-10,15H2,1H3,(H,17,18). The molecule has 3 N–H and O–H groups in total. The summed E-state index contributed by atoms with van der Waals surface area (Å²) < 4.78 is 0. The van der Waals surface area contributed by atoms with Crippen LogP contribution < -0.4 is 5.73 Å². The van der Waals surface area contributed by atoms with E-state index >= 15 is 0 Å². The summed E-state index contributed by atoms with van der Waals surface area (Å²) in [5, 5.41) is 8.81. The SMILES string of the molecule is CCCN(CC(=O)O)C(=O)c1ccc(CCN)cc1. The molecule has 0 saturated carbocycles. The van der Waals surface area contributed by atoms with E-state index in [-0.39, 0.29) is 12.5 Å². The molecular weight excluding hydrogens is 244 g/mol. The van der Waals surface area contributed by atoms with E-state index < -0.39 is 5.97 Å². The van der Waals surface area contributed by atoms with Gasteiger partial charge in [0, 0.05) is 12.1 Å². The summed E-state index contributed by atoms with van der Waals surface area (Å²) in [5.41, 5.74) is 7.04. The number of carbonyl (C=O) groups is 2. The molecule has 1 aromatic carbocycles. The summed E-state index contributed by atoms with van der Waals surface area (Å²) in [6.07, 6.45) is 1.49. The first kappa shape index (κ1) is 15.2. The largest absolute Gasteiger partial charge is 0.480 e. The van der Waals surface area contributed by atoms with E-state index in [4.69, 9.17) is 10.8 Å². The van der Waals surface area contributed by atoms with Crippen LogP contribution in [0.1, 0.15) is 29.3 Å². The lowest BCUT2D eigenvalue weighted by atomic mass is 10.1. The average molecular weight is 264 g/mol. The van der Waals surface area contributed by atoms with Crippen LogP contribution in [-0.2, 0) is 11.2 Å². The molecule has 5 nitrogen and oxygen atoms in total. The van der Waals surface area contributed by atoms with Gasteiger partial charge in [-0.05, 0) is 37.1 Å². The molecule has 0 unspecified atom stereocenters. The van der Waals surface area contributed by atoms with Crippen molar-refractivity contribution in [2.24, 2.45) is 5.73 Å². The number of aliphatic carboxylic acids is 1. The second kappa shape index (κ2) is 7.53. The second-order valence-electron chi connectivity index (χ2n) is 4.36. The van der Waals surface area contributed by atoms with Crippen LogP contribution in [0.15, 0.2) is 24.3 Å². The monoisotopic (exact) mass is 264 g/mol. The molecule has 1 amide bonds. The van der Waals surface area contributed by atoms with Crippen LogP contribution in [0.3, 0.4) is 0 Å². The summed E-state index contributed by atoms with van der Waals surface area (Å²) in [7, 11) is 0. The number of carboxylic acids is 1. The van der Waals surface area contributed by atoms with Gasteiger partial charge in [0.1, 0.15) is 6.54 Å². The smallest absolute Gasteiger partial charge is 0.323 e. The van der Waals surface area contributed by atoms with Gasteiger partial charge in [-0.2, -0.15) is 0 Å². The van der Waals surface area contributed by atoms with Gasteiger partial charge in [-0.25, -0.2) is 0 Å². The molecule has 0 aliphatic heterocycles. The molecule has 0 heterocycles. The molecule has 0 aliphatic carbocycles. The van der Waals surface area contributed by atoms with Gasteiger partial charge in [0.05, 0.1) is 0 Å². The van der Waals surface area contributed by atoms with Crippen LogP contribution >= 0.6 is 0 Å². The summed E-state index contributed by atoms with van der Waals surface area (Å²) in [6.45, 7) is 2.65. The first-order chi connectivity index (χ1) is 9.08. The third kappa shape index (κ3) is 4.71. The van der Waals surface area contributed by atoms with Crippen molar-refractivity contribution >= 4 is 11.9 Å². The Morgan fingerprint density at radius 1 is 1.26 bits per heavy atom. The molecule has 0 radical (unpaired) electrons. The fourth-order valence-electron chi connectivity index (χ4n) is 1.85. The number of amides is 1. The molecule has 0 aromatic heterocycles. The number of hydrogen-bond acceptors (Lipinski definition) is 3. The van der Waals surface area contributed by atoms with E-state index in [9.17, 15) is 9.59 Å². The van der Waals surface area contributed by atoms with Crippen LogP contribution in [0, 0.1) is 0 Å². The summed E-state index contributed by atoms with van der Waals surface area (Å²) in [6, 6.07) is 7.14. The van der Waals surface area contributed by atoms with Crippen molar-refractivity contribution in [2.45, 2.75) is 19.8 Å². The van der Waals surface area contributed by atoms with Crippen molar-refractivity contribution in [3.63, 3.8) is 0 Å². The van der Waals surface area contributed by atoms with E-state index in [0.29, 0.717) is 18.7 Å². The van der Waals surface area contributed by atoms with E-state index in [2.05, 4.69) is 0 Å². The van der Waals surface area contributed by atoms with Crippen LogP contribution in [0.25, 0.3) is 0 Å². The van der Waals surface area contributed by atoms with Gasteiger partial charge in [-0.15, -0.1) is 0 Å². The molecule has 0 saturated heterocycles. The molecule has 0 atom stereocenters. The second-order valence-corrected chi connectivity index (χ2v) is 4.36. The van der Waals surface area contributed by atoms with Gasteiger partial charge >= 0.3 is 5.97 Å². The van der Waals surface area contributed by atoms with Crippen molar-refractivity contribution in [1.82, 2.24) is 4.90 Å². The van der Waals surface area contributed by atoms with Crippen LogP contribution in [0.5, 0.6) is 0 Å². The first-order valence-electron chi connectivity index (χ1n) is 6.38. The maximum Gasteiger partial charge on any atom is 0.323 e. The number of nitrogens with two attached hydrogens (primary N) is 1. The molecule has 0 spiro atoms. The maximum absolute atomic E-state index is 12.2. The molecule has 1 rings (SSSR count). The highest BCUT2D eigenvalue weighted by Crippen LogP contribution is 2.09. The zero-order valence-corrected chi connectivity index (χ0v) is 11.1. The molecule has 104 valence electrons. The topological polar surface area (TPSA) is 83.6 Å². The Hall–Kier alpha value is -1.88. The quantitative estimate of drug-likeness (QED) is 0.773. The Kier molecular flexibility index (Phi) is 6.02. The normalized spacial score (nSPS) is 10.2. The maximum atomic E-state index is 12.2. The summed E-state index contributed by atoms with van der Waals surface area (Å²) >= 11 is 0. The van der Waals surface area contributed by atoms with E-state index in [0.717, 1.165) is 18.4 Å². The number of rotatable bonds is 7. The van der Waals surface area contributed by atoms with Gasteiger partial charge in [-0.1, -0.05) is 19.1 Å². The van der Waals surface area contributed by atoms with Gasteiger partial charge in [0.2, 0.25) is 0 Å². The van der Waals surface area contributed by atoms with Crippen molar-refractivity contribution in [3.05, 3.63) is 35.4 Å². The van der Waals surface area contributed by atoms with E-state index in [1.165, 1.54) is 4.90 Å². The molecule has 5 heteroatoms. The summed E-state index contributed by atoms with van der Waals surface area (Å²) in [4.78, 5) is 24.3. The highest BCUT2D eigenvalue weighted by molar-refractivity contribution is 5.95. The number of nitrogens with zero attached hydrogens (tertiary/aromatic N) is 1. The average Bonchev–Trinajstić information content (AvgIpc) is 2.38. The number of carbonyl (C=O) groups excluding carboxylic acids is 1. The third-order valence-electron chi connectivity index (χ3n) is 2.74. The van der Waals surface area contributed by atoms with Crippen molar-refractivity contribution < 1.29 is 14.7 Å². The Morgan fingerprint density at radius 3 is 2.37 bits per heavy atom. The number of carboxylic acid groups (broad SMARTS) is 1. The predicted molar refractivity (Wildman–Crippen MR) is 73.0 cm³/mol. The van der Waals surface area contributed by atoms with Crippen molar-refractivity contribution in [3.8, 4) is 0 Å². The Labute approximate surface area is 113 Å². The first-order valence-corrected chi connectivity index (χ1v) is 6.38. The third-order valence-corrected chi connectivity index (χ3v) is 2.74. The van der Waals surface area contributed by atoms with Gasteiger partial charge in [0.25, 0.3) is 5.91 Å². The minimum Gasteiger partial charge on any atom is -0.480 e. The molecule has 0 bridgehead atoms. The molecular formula is C14H20N2O3. The highest BCUT2D eigenvalue weighted by Gasteiger charge is 2.17. The lowest BCUT2D eigenvalue weighted by Gasteiger charge is -2.20. The van der Waals surface area contributed by atoms with E-state index in [1.54, 1.807) is 12.1 Å². The molecule has 1 aromatic rings. The summed E-state index contributed by atoms with van der Waals surface area (Å²) in [5.74, 6) is -1.25. The highest BCUT2D eigenvalue weighted by atomic mass is 16.4. The lowest BCUT2D eigenvalue weighted by Crippen LogP contribution is -2.36. The predicted octanol–water partition coefficient (Wildman–Crippen LogP) is 1.12.